The minimum Gasteiger partial charge on any atom is -0.421 e. The topological polar surface area (TPSA) is 38.9 Å². The summed E-state index contributed by atoms with van der Waals surface area (Å²) in [6.45, 7) is 0. The first-order valence-corrected chi connectivity index (χ1v) is 7.39. The van der Waals surface area contributed by atoms with Crippen LogP contribution in [0.25, 0.3) is 12.2 Å². The summed E-state index contributed by atoms with van der Waals surface area (Å²) < 4.78 is 6.68. The molecule has 0 N–H and O–H groups in total. The van der Waals surface area contributed by atoms with Crippen LogP contribution in [0.1, 0.15) is 22.9 Å². The highest BCUT2D eigenvalue weighted by Crippen LogP contribution is 2.14. The van der Waals surface area contributed by atoms with Gasteiger partial charge in [0.25, 0.3) is 0 Å². The second-order valence-corrected chi connectivity index (χ2v) is 5.50. The number of benzene rings is 2. The maximum atomic E-state index is 5.62. The van der Waals surface area contributed by atoms with E-state index in [9.17, 15) is 0 Å². The van der Waals surface area contributed by atoms with E-state index in [4.69, 9.17) is 4.42 Å². The van der Waals surface area contributed by atoms with Gasteiger partial charge in [-0.2, -0.15) is 0 Å². The Labute approximate surface area is 131 Å². The second kappa shape index (κ2) is 6.50. The fraction of sp³-hybridized carbons (Fsp3) is 0.0588. The molecule has 3 aromatic rings. The zero-order valence-electron chi connectivity index (χ0n) is 11.2. The van der Waals surface area contributed by atoms with Gasteiger partial charge >= 0.3 is 0 Å². The molecule has 1 heterocycles. The van der Waals surface area contributed by atoms with Crippen LogP contribution in [-0.2, 0) is 6.42 Å². The third kappa shape index (κ3) is 3.89. The van der Waals surface area contributed by atoms with Crippen molar-refractivity contribution in [2.75, 3.05) is 0 Å². The van der Waals surface area contributed by atoms with Crippen LogP contribution in [0.5, 0.6) is 0 Å². The number of halogens is 1. The van der Waals surface area contributed by atoms with Gasteiger partial charge in [0.2, 0.25) is 11.8 Å². The maximum Gasteiger partial charge on any atom is 0.240 e. The zero-order chi connectivity index (χ0) is 14.5. The molecule has 0 aliphatic heterocycles. The highest BCUT2D eigenvalue weighted by atomic mass is 79.9. The second-order valence-electron chi connectivity index (χ2n) is 4.58. The number of rotatable bonds is 4. The van der Waals surface area contributed by atoms with Gasteiger partial charge in [-0.25, -0.2) is 0 Å². The van der Waals surface area contributed by atoms with E-state index >= 15 is 0 Å². The van der Waals surface area contributed by atoms with Crippen molar-refractivity contribution in [2.45, 2.75) is 6.42 Å². The molecule has 0 saturated heterocycles. The van der Waals surface area contributed by atoms with Gasteiger partial charge in [0.15, 0.2) is 0 Å². The molecule has 0 aliphatic carbocycles. The molecule has 0 bridgehead atoms. The number of nitrogens with zero attached hydrogens (tertiary/aromatic N) is 2. The molecule has 2 aromatic carbocycles. The summed E-state index contributed by atoms with van der Waals surface area (Å²) in [6, 6.07) is 18.1. The van der Waals surface area contributed by atoms with E-state index < -0.39 is 0 Å². The van der Waals surface area contributed by atoms with Crippen molar-refractivity contribution in [3.63, 3.8) is 0 Å². The van der Waals surface area contributed by atoms with Gasteiger partial charge in [-0.15, -0.1) is 10.2 Å². The Morgan fingerprint density at radius 2 is 1.67 bits per heavy atom. The van der Waals surface area contributed by atoms with Gasteiger partial charge in [0.05, 0.1) is 6.42 Å². The van der Waals surface area contributed by atoms with Crippen molar-refractivity contribution in [1.82, 2.24) is 10.2 Å². The molecular formula is C17H13BrN2O. The zero-order valence-corrected chi connectivity index (χ0v) is 12.8. The van der Waals surface area contributed by atoms with Crippen molar-refractivity contribution >= 4 is 28.1 Å². The average Bonchev–Trinajstić information content (AvgIpc) is 2.96. The summed E-state index contributed by atoms with van der Waals surface area (Å²) in [5, 5.41) is 8.10. The normalized spacial score (nSPS) is 11.1. The monoisotopic (exact) mass is 340 g/mol. The van der Waals surface area contributed by atoms with Gasteiger partial charge in [0, 0.05) is 10.5 Å². The molecule has 0 amide bonds. The minimum absolute atomic E-state index is 0.519. The molecule has 0 saturated carbocycles. The van der Waals surface area contributed by atoms with Crippen LogP contribution < -0.4 is 0 Å². The average molecular weight is 341 g/mol. The van der Waals surface area contributed by atoms with E-state index in [0.717, 1.165) is 15.6 Å². The van der Waals surface area contributed by atoms with E-state index in [2.05, 4.69) is 26.1 Å². The molecule has 0 aliphatic rings. The lowest BCUT2D eigenvalue weighted by molar-refractivity contribution is 0.496. The Morgan fingerprint density at radius 1 is 0.905 bits per heavy atom. The Hall–Kier alpha value is -2.20. The number of hydrogen-bond donors (Lipinski definition) is 0. The lowest BCUT2D eigenvalue weighted by Gasteiger charge is -1.96. The van der Waals surface area contributed by atoms with Crippen LogP contribution in [0.4, 0.5) is 0 Å². The van der Waals surface area contributed by atoms with E-state index in [1.54, 1.807) is 0 Å². The third-order valence-electron chi connectivity index (χ3n) is 2.97. The maximum absolute atomic E-state index is 5.62. The molecular weight excluding hydrogens is 328 g/mol. The van der Waals surface area contributed by atoms with Crippen LogP contribution in [0, 0.1) is 0 Å². The van der Waals surface area contributed by atoms with Gasteiger partial charge < -0.3 is 4.42 Å². The number of aromatic nitrogens is 2. The first-order chi connectivity index (χ1) is 10.3. The molecule has 3 rings (SSSR count). The fourth-order valence-electron chi connectivity index (χ4n) is 1.91. The van der Waals surface area contributed by atoms with Gasteiger partial charge in [0.1, 0.15) is 0 Å². The first kappa shape index (κ1) is 13.8. The van der Waals surface area contributed by atoms with Crippen LogP contribution in [-0.4, -0.2) is 10.2 Å². The van der Waals surface area contributed by atoms with Crippen molar-refractivity contribution < 1.29 is 4.42 Å². The van der Waals surface area contributed by atoms with E-state index in [-0.39, 0.29) is 0 Å². The third-order valence-corrected chi connectivity index (χ3v) is 3.50. The fourth-order valence-corrected chi connectivity index (χ4v) is 2.18. The largest absolute Gasteiger partial charge is 0.421 e. The Morgan fingerprint density at radius 3 is 2.43 bits per heavy atom. The van der Waals surface area contributed by atoms with Gasteiger partial charge in [-0.3, -0.25) is 0 Å². The SMILES string of the molecule is Brc1ccc(Cc2nnc(C=Cc3ccccc3)o2)cc1. The molecule has 21 heavy (non-hydrogen) atoms. The Balaban J connectivity index is 1.69. The molecule has 4 heteroatoms. The van der Waals surface area contributed by atoms with E-state index in [0.29, 0.717) is 18.2 Å². The lowest BCUT2D eigenvalue weighted by atomic mass is 10.1. The molecule has 1 aromatic heterocycles. The Bertz CT molecular complexity index is 733. The molecule has 0 spiro atoms. The van der Waals surface area contributed by atoms with E-state index in [1.807, 2.05) is 66.7 Å². The quantitative estimate of drug-likeness (QED) is 0.697. The molecule has 3 nitrogen and oxygen atoms in total. The van der Waals surface area contributed by atoms with Crippen molar-refractivity contribution in [3.8, 4) is 0 Å². The lowest BCUT2D eigenvalue weighted by Crippen LogP contribution is -1.87. The number of hydrogen-bond acceptors (Lipinski definition) is 3. The summed E-state index contributed by atoms with van der Waals surface area (Å²) in [5.41, 5.74) is 2.24. The molecule has 0 fully saturated rings. The molecule has 0 radical (unpaired) electrons. The predicted molar refractivity (Wildman–Crippen MR) is 86.6 cm³/mol. The van der Waals surface area contributed by atoms with Gasteiger partial charge in [-0.1, -0.05) is 58.4 Å². The highest BCUT2D eigenvalue weighted by molar-refractivity contribution is 9.10. The summed E-state index contributed by atoms with van der Waals surface area (Å²) in [5.74, 6) is 1.14. The van der Waals surface area contributed by atoms with Crippen LogP contribution in [0.15, 0.2) is 63.5 Å². The van der Waals surface area contributed by atoms with Crippen molar-refractivity contribution in [2.24, 2.45) is 0 Å². The summed E-state index contributed by atoms with van der Waals surface area (Å²) in [7, 11) is 0. The standard InChI is InChI=1S/C17H13BrN2O/c18-15-9-6-14(7-10-15)12-17-20-19-16(21-17)11-8-13-4-2-1-3-5-13/h1-11H,12H2. The van der Waals surface area contributed by atoms with Gasteiger partial charge in [-0.05, 0) is 29.3 Å². The van der Waals surface area contributed by atoms with Crippen LogP contribution >= 0.6 is 15.9 Å². The predicted octanol–water partition coefficient (Wildman–Crippen LogP) is 4.59. The first-order valence-electron chi connectivity index (χ1n) is 6.59. The molecule has 0 atom stereocenters. The molecule has 104 valence electrons. The molecule has 0 unspecified atom stereocenters. The van der Waals surface area contributed by atoms with E-state index in [1.165, 1.54) is 0 Å². The summed E-state index contributed by atoms with van der Waals surface area (Å²) >= 11 is 3.42. The van der Waals surface area contributed by atoms with Crippen molar-refractivity contribution in [3.05, 3.63) is 82.0 Å². The summed E-state index contributed by atoms with van der Waals surface area (Å²) in [6.07, 6.45) is 4.42. The van der Waals surface area contributed by atoms with Crippen molar-refractivity contribution in [1.29, 1.82) is 0 Å². The highest BCUT2D eigenvalue weighted by Gasteiger charge is 2.04. The Kier molecular flexibility index (Phi) is 4.26. The minimum atomic E-state index is 0.519. The smallest absolute Gasteiger partial charge is 0.240 e. The summed E-state index contributed by atoms with van der Waals surface area (Å²) in [4.78, 5) is 0. The van der Waals surface area contributed by atoms with Crippen LogP contribution in [0.3, 0.4) is 0 Å². The van der Waals surface area contributed by atoms with Crippen LogP contribution in [0.2, 0.25) is 0 Å².